The van der Waals surface area contributed by atoms with Crippen molar-refractivity contribution in [2.45, 2.75) is 13.5 Å². The van der Waals surface area contributed by atoms with Gasteiger partial charge in [-0.2, -0.15) is 0 Å². The van der Waals surface area contributed by atoms with E-state index in [9.17, 15) is 0 Å². The topological polar surface area (TPSA) is 35.3 Å². The molecule has 9 heavy (non-hydrogen) atoms. The Morgan fingerprint density at radius 3 is 3.00 bits per heavy atom. The standard InChI is InChI=1S/C6H9NO2/c1-5-6(3-8-2)9-4-7-5/h4H,3H2,1-2H3. The Balaban J connectivity index is 2.69. The lowest BCUT2D eigenvalue weighted by molar-refractivity contribution is 0.163. The molecule has 0 saturated heterocycles. The Labute approximate surface area is 53.7 Å². The normalized spacial score (nSPS) is 10.0. The molecule has 0 aliphatic heterocycles. The zero-order chi connectivity index (χ0) is 6.69. The Morgan fingerprint density at radius 2 is 2.56 bits per heavy atom. The molecule has 1 rings (SSSR count). The number of nitrogens with zero attached hydrogens (tertiary/aromatic N) is 1. The molecular weight excluding hydrogens is 118 g/mol. The van der Waals surface area contributed by atoms with Gasteiger partial charge in [-0.05, 0) is 6.92 Å². The van der Waals surface area contributed by atoms with Gasteiger partial charge in [0.2, 0.25) is 0 Å². The van der Waals surface area contributed by atoms with Gasteiger partial charge < -0.3 is 9.15 Å². The highest BCUT2D eigenvalue weighted by molar-refractivity contribution is 5.02. The molecule has 0 N–H and O–H groups in total. The fourth-order valence-corrected chi connectivity index (χ4v) is 0.596. The molecule has 0 aromatic carbocycles. The van der Waals surface area contributed by atoms with Crippen LogP contribution in [0.25, 0.3) is 0 Å². The van der Waals surface area contributed by atoms with Crippen LogP contribution in [0.3, 0.4) is 0 Å². The van der Waals surface area contributed by atoms with Crippen molar-refractivity contribution in [3.05, 3.63) is 17.8 Å². The minimum absolute atomic E-state index is 0.506. The van der Waals surface area contributed by atoms with Crippen LogP contribution < -0.4 is 0 Å². The second-order valence-electron chi connectivity index (χ2n) is 1.79. The molecule has 1 heterocycles. The average Bonchev–Trinajstić information content (AvgIpc) is 2.18. The third kappa shape index (κ3) is 1.29. The van der Waals surface area contributed by atoms with E-state index in [1.54, 1.807) is 7.11 Å². The molecule has 0 aliphatic rings. The lowest BCUT2D eigenvalue weighted by atomic mass is 10.4. The highest BCUT2D eigenvalue weighted by atomic mass is 16.5. The first-order valence-electron chi connectivity index (χ1n) is 2.72. The van der Waals surface area contributed by atoms with E-state index < -0.39 is 0 Å². The second kappa shape index (κ2) is 2.64. The van der Waals surface area contributed by atoms with Gasteiger partial charge in [0.15, 0.2) is 12.2 Å². The van der Waals surface area contributed by atoms with Gasteiger partial charge in [0.25, 0.3) is 0 Å². The number of hydrogen-bond donors (Lipinski definition) is 0. The van der Waals surface area contributed by atoms with E-state index in [1.165, 1.54) is 6.39 Å². The highest BCUT2D eigenvalue weighted by Gasteiger charge is 1.99. The first kappa shape index (κ1) is 6.29. The van der Waals surface area contributed by atoms with Gasteiger partial charge in [-0.25, -0.2) is 4.98 Å². The van der Waals surface area contributed by atoms with E-state index in [-0.39, 0.29) is 0 Å². The van der Waals surface area contributed by atoms with E-state index in [2.05, 4.69) is 4.98 Å². The van der Waals surface area contributed by atoms with Crippen molar-refractivity contribution < 1.29 is 9.15 Å². The van der Waals surface area contributed by atoms with Crippen molar-refractivity contribution in [1.82, 2.24) is 4.98 Å². The first-order chi connectivity index (χ1) is 4.34. The molecule has 0 bridgehead atoms. The first-order valence-corrected chi connectivity index (χ1v) is 2.72. The zero-order valence-corrected chi connectivity index (χ0v) is 5.55. The van der Waals surface area contributed by atoms with Crippen molar-refractivity contribution in [2.75, 3.05) is 7.11 Å². The van der Waals surface area contributed by atoms with Gasteiger partial charge in [-0.15, -0.1) is 0 Å². The van der Waals surface area contributed by atoms with Crippen LogP contribution in [0.5, 0.6) is 0 Å². The molecular formula is C6H9NO2. The highest BCUT2D eigenvalue weighted by Crippen LogP contribution is 2.04. The van der Waals surface area contributed by atoms with E-state index in [1.807, 2.05) is 6.92 Å². The Morgan fingerprint density at radius 1 is 1.78 bits per heavy atom. The summed E-state index contributed by atoms with van der Waals surface area (Å²) < 4.78 is 9.80. The maximum absolute atomic E-state index is 4.97. The number of oxazole rings is 1. The number of ether oxygens (including phenoxy) is 1. The third-order valence-electron chi connectivity index (χ3n) is 1.12. The van der Waals surface area contributed by atoms with Gasteiger partial charge in [-0.3, -0.25) is 0 Å². The van der Waals surface area contributed by atoms with Crippen molar-refractivity contribution in [3.63, 3.8) is 0 Å². The number of aromatic nitrogens is 1. The van der Waals surface area contributed by atoms with Crippen molar-refractivity contribution in [1.29, 1.82) is 0 Å². The molecule has 50 valence electrons. The summed E-state index contributed by atoms with van der Waals surface area (Å²) in [6, 6.07) is 0. The summed E-state index contributed by atoms with van der Waals surface area (Å²) >= 11 is 0. The predicted octanol–water partition coefficient (Wildman–Crippen LogP) is 1.13. The predicted molar refractivity (Wildman–Crippen MR) is 32.0 cm³/mol. The van der Waals surface area contributed by atoms with Gasteiger partial charge in [0.1, 0.15) is 6.61 Å². The lowest BCUT2D eigenvalue weighted by Crippen LogP contribution is -1.86. The van der Waals surface area contributed by atoms with Crippen LogP contribution in [-0.4, -0.2) is 12.1 Å². The van der Waals surface area contributed by atoms with Crippen LogP contribution in [0.2, 0.25) is 0 Å². The molecule has 0 amide bonds. The van der Waals surface area contributed by atoms with Crippen LogP contribution in [0.4, 0.5) is 0 Å². The quantitative estimate of drug-likeness (QED) is 0.597. The van der Waals surface area contributed by atoms with Crippen molar-refractivity contribution in [3.8, 4) is 0 Å². The molecule has 3 heteroatoms. The SMILES string of the molecule is COCc1ocnc1C. The van der Waals surface area contributed by atoms with E-state index in [0.717, 1.165) is 11.5 Å². The van der Waals surface area contributed by atoms with Crippen LogP contribution >= 0.6 is 0 Å². The van der Waals surface area contributed by atoms with Gasteiger partial charge in [0.05, 0.1) is 5.69 Å². The smallest absolute Gasteiger partial charge is 0.181 e. The van der Waals surface area contributed by atoms with Crippen LogP contribution in [0, 0.1) is 6.92 Å². The summed E-state index contributed by atoms with van der Waals surface area (Å²) in [7, 11) is 1.63. The maximum atomic E-state index is 4.97. The molecule has 0 spiro atoms. The number of aryl methyl sites for hydroxylation is 1. The summed E-state index contributed by atoms with van der Waals surface area (Å²) in [5, 5.41) is 0. The lowest BCUT2D eigenvalue weighted by Gasteiger charge is -1.91. The minimum Gasteiger partial charge on any atom is -0.446 e. The van der Waals surface area contributed by atoms with E-state index in [0.29, 0.717) is 6.61 Å². The summed E-state index contributed by atoms with van der Waals surface area (Å²) in [5.41, 5.74) is 0.900. The number of hydrogen-bond acceptors (Lipinski definition) is 3. The average molecular weight is 127 g/mol. The van der Waals surface area contributed by atoms with Gasteiger partial charge in [-0.1, -0.05) is 0 Å². The Kier molecular flexibility index (Phi) is 1.85. The molecule has 3 nitrogen and oxygen atoms in total. The summed E-state index contributed by atoms with van der Waals surface area (Å²) in [6.07, 6.45) is 1.42. The summed E-state index contributed by atoms with van der Waals surface area (Å²) in [6.45, 7) is 2.39. The molecule has 0 saturated carbocycles. The van der Waals surface area contributed by atoms with E-state index >= 15 is 0 Å². The second-order valence-corrected chi connectivity index (χ2v) is 1.79. The fourth-order valence-electron chi connectivity index (χ4n) is 0.596. The minimum atomic E-state index is 0.506. The molecule has 1 aromatic rings. The number of methoxy groups -OCH3 is 1. The molecule has 0 fully saturated rings. The van der Waals surface area contributed by atoms with Crippen molar-refractivity contribution in [2.24, 2.45) is 0 Å². The van der Waals surface area contributed by atoms with Crippen LogP contribution in [0.15, 0.2) is 10.8 Å². The summed E-state index contributed by atoms with van der Waals surface area (Å²) in [5.74, 6) is 0.803. The summed E-state index contributed by atoms with van der Waals surface area (Å²) in [4.78, 5) is 3.89. The molecule has 0 unspecified atom stereocenters. The monoisotopic (exact) mass is 127 g/mol. The maximum Gasteiger partial charge on any atom is 0.181 e. The molecule has 1 aromatic heterocycles. The van der Waals surface area contributed by atoms with Crippen LogP contribution in [-0.2, 0) is 11.3 Å². The largest absolute Gasteiger partial charge is 0.446 e. The number of rotatable bonds is 2. The zero-order valence-electron chi connectivity index (χ0n) is 5.55. The Bertz CT molecular complexity index is 183. The van der Waals surface area contributed by atoms with Gasteiger partial charge in [0, 0.05) is 7.11 Å². The molecule has 0 atom stereocenters. The van der Waals surface area contributed by atoms with E-state index in [4.69, 9.17) is 9.15 Å². The van der Waals surface area contributed by atoms with Gasteiger partial charge >= 0.3 is 0 Å². The third-order valence-corrected chi connectivity index (χ3v) is 1.12. The molecule has 0 radical (unpaired) electrons. The van der Waals surface area contributed by atoms with Crippen molar-refractivity contribution >= 4 is 0 Å². The molecule has 0 aliphatic carbocycles. The fraction of sp³-hybridized carbons (Fsp3) is 0.500. The van der Waals surface area contributed by atoms with Crippen LogP contribution in [0.1, 0.15) is 11.5 Å². The Hall–Kier alpha value is -0.830.